The third kappa shape index (κ3) is 3.25. The fourth-order valence-corrected chi connectivity index (χ4v) is 4.35. The summed E-state index contributed by atoms with van der Waals surface area (Å²) in [6.07, 6.45) is 4.92. The van der Waals surface area contributed by atoms with Crippen molar-refractivity contribution in [3.05, 3.63) is 38.6 Å². The van der Waals surface area contributed by atoms with E-state index in [1.807, 2.05) is 0 Å². The van der Waals surface area contributed by atoms with Gasteiger partial charge in [0.25, 0.3) is 0 Å². The molecule has 8 nitrogen and oxygen atoms in total. The maximum absolute atomic E-state index is 12.3. The number of hydrogen-bond acceptors (Lipinski definition) is 6. The molecule has 0 radical (unpaired) electrons. The standard InChI is InChI=1S/C16H17N5O3S/c1-9(2)10-3-4-11-12(6-17)15(25-13(11)5-10)19-16(22)20-7-14(18-8-20)21(23)24/h7-10H,3-5H2,1-2H3,(H,19,22). The fraction of sp³-hybridized carbons (Fsp3) is 0.438. The molecule has 2 heterocycles. The minimum Gasteiger partial charge on any atom is -0.358 e. The van der Waals surface area contributed by atoms with E-state index in [4.69, 9.17) is 0 Å². The molecule has 0 spiro atoms. The van der Waals surface area contributed by atoms with E-state index in [2.05, 4.69) is 30.2 Å². The van der Waals surface area contributed by atoms with E-state index in [0.29, 0.717) is 22.4 Å². The maximum Gasteiger partial charge on any atom is 0.382 e. The van der Waals surface area contributed by atoms with Gasteiger partial charge >= 0.3 is 11.8 Å². The molecule has 9 heteroatoms. The summed E-state index contributed by atoms with van der Waals surface area (Å²) in [5, 5.41) is 23.4. The van der Waals surface area contributed by atoms with Crippen LogP contribution in [0.2, 0.25) is 0 Å². The Hall–Kier alpha value is -2.73. The Morgan fingerprint density at radius 3 is 2.96 bits per heavy atom. The molecule has 130 valence electrons. The number of carbonyl (C=O) groups is 1. The maximum atomic E-state index is 12.3. The number of rotatable bonds is 3. The average molecular weight is 359 g/mol. The van der Waals surface area contributed by atoms with Crippen LogP contribution in [0.25, 0.3) is 0 Å². The number of hydrogen-bond donors (Lipinski definition) is 1. The van der Waals surface area contributed by atoms with Crippen LogP contribution >= 0.6 is 11.3 Å². The van der Waals surface area contributed by atoms with Crippen molar-refractivity contribution in [2.24, 2.45) is 11.8 Å². The van der Waals surface area contributed by atoms with Gasteiger partial charge in [-0.1, -0.05) is 13.8 Å². The van der Waals surface area contributed by atoms with Crippen molar-refractivity contribution in [3.8, 4) is 6.07 Å². The first-order valence-corrected chi connectivity index (χ1v) is 8.76. The predicted octanol–water partition coefficient (Wildman–Crippen LogP) is 3.57. The summed E-state index contributed by atoms with van der Waals surface area (Å²) in [6.45, 7) is 4.40. The van der Waals surface area contributed by atoms with Crippen LogP contribution in [0.4, 0.5) is 15.6 Å². The summed E-state index contributed by atoms with van der Waals surface area (Å²) < 4.78 is 1.01. The summed E-state index contributed by atoms with van der Waals surface area (Å²) in [7, 11) is 0. The summed E-state index contributed by atoms with van der Waals surface area (Å²) in [5.74, 6) is 0.753. The highest BCUT2D eigenvalue weighted by molar-refractivity contribution is 7.16. The summed E-state index contributed by atoms with van der Waals surface area (Å²) in [6, 6.07) is 1.62. The van der Waals surface area contributed by atoms with Gasteiger partial charge in [-0.25, -0.2) is 9.36 Å². The van der Waals surface area contributed by atoms with Gasteiger partial charge in [0.2, 0.25) is 6.33 Å². The van der Waals surface area contributed by atoms with E-state index in [9.17, 15) is 20.2 Å². The first-order chi connectivity index (χ1) is 11.9. The van der Waals surface area contributed by atoms with Crippen molar-refractivity contribution in [3.63, 3.8) is 0 Å². The number of imidazole rings is 1. The number of fused-ring (bicyclic) bond motifs is 1. The number of nitrogens with one attached hydrogen (secondary N) is 1. The van der Waals surface area contributed by atoms with Crippen molar-refractivity contribution >= 4 is 28.2 Å². The molecule has 3 rings (SSSR count). The molecule has 0 aromatic carbocycles. The SMILES string of the molecule is CC(C)C1CCc2c(sc(NC(=O)n3cnc([N+](=O)[O-])c3)c2C#N)C1. The van der Waals surface area contributed by atoms with Gasteiger partial charge in [-0.3, -0.25) is 5.32 Å². The van der Waals surface area contributed by atoms with E-state index in [-0.39, 0.29) is 0 Å². The summed E-state index contributed by atoms with van der Waals surface area (Å²) in [4.78, 5) is 27.0. The molecule has 0 fully saturated rings. The van der Waals surface area contributed by atoms with Gasteiger partial charge in [0.05, 0.1) is 5.56 Å². The molecule has 2 aromatic heterocycles. The Balaban J connectivity index is 1.84. The molecule has 1 amide bonds. The zero-order valence-corrected chi connectivity index (χ0v) is 14.7. The molecule has 1 aliphatic carbocycles. The van der Waals surface area contributed by atoms with Crippen LogP contribution in [-0.2, 0) is 12.8 Å². The lowest BCUT2D eigenvalue weighted by Gasteiger charge is -2.25. The van der Waals surface area contributed by atoms with Gasteiger partial charge in [-0.2, -0.15) is 5.26 Å². The predicted molar refractivity (Wildman–Crippen MR) is 92.7 cm³/mol. The monoisotopic (exact) mass is 359 g/mol. The molecule has 2 aromatic rings. The van der Waals surface area contributed by atoms with Crippen molar-refractivity contribution in [2.45, 2.75) is 33.1 Å². The number of nitriles is 1. The van der Waals surface area contributed by atoms with Gasteiger partial charge in [0.15, 0.2) is 0 Å². The summed E-state index contributed by atoms with van der Waals surface area (Å²) >= 11 is 1.42. The zero-order chi connectivity index (χ0) is 18.1. The van der Waals surface area contributed by atoms with Crippen molar-refractivity contribution in [2.75, 3.05) is 5.32 Å². The molecule has 1 atom stereocenters. The number of nitrogens with zero attached hydrogens (tertiary/aromatic N) is 4. The molecule has 1 aliphatic rings. The van der Waals surface area contributed by atoms with E-state index in [1.165, 1.54) is 11.3 Å². The number of amides is 1. The van der Waals surface area contributed by atoms with Crippen molar-refractivity contribution in [1.82, 2.24) is 9.55 Å². The highest BCUT2D eigenvalue weighted by Gasteiger charge is 2.28. The van der Waals surface area contributed by atoms with Crippen LogP contribution < -0.4 is 5.32 Å². The Bertz CT molecular complexity index is 877. The second-order valence-corrected chi connectivity index (χ2v) is 7.50. The molecular weight excluding hydrogens is 342 g/mol. The van der Waals surface area contributed by atoms with E-state index >= 15 is 0 Å². The zero-order valence-electron chi connectivity index (χ0n) is 13.9. The molecular formula is C16H17N5O3S. The van der Waals surface area contributed by atoms with Crippen LogP contribution in [0.15, 0.2) is 12.5 Å². The minimum atomic E-state index is -0.666. The largest absolute Gasteiger partial charge is 0.382 e. The van der Waals surface area contributed by atoms with Crippen molar-refractivity contribution < 1.29 is 9.72 Å². The van der Waals surface area contributed by atoms with Crippen LogP contribution in [0.1, 0.15) is 36.3 Å². The lowest BCUT2D eigenvalue weighted by Crippen LogP contribution is -2.18. The van der Waals surface area contributed by atoms with Crippen LogP contribution in [0.5, 0.6) is 0 Å². The van der Waals surface area contributed by atoms with E-state index in [0.717, 1.165) is 46.8 Å². The lowest BCUT2D eigenvalue weighted by molar-refractivity contribution is -0.389. The second kappa shape index (κ2) is 6.64. The van der Waals surface area contributed by atoms with Crippen molar-refractivity contribution in [1.29, 1.82) is 5.26 Å². The Kier molecular flexibility index (Phi) is 4.55. The highest BCUT2D eigenvalue weighted by atomic mass is 32.1. The molecule has 25 heavy (non-hydrogen) atoms. The first kappa shape index (κ1) is 17.1. The third-order valence-corrected chi connectivity index (χ3v) is 5.74. The number of carbonyl (C=O) groups excluding carboxylic acids is 1. The summed E-state index contributed by atoms with van der Waals surface area (Å²) in [5.41, 5.74) is 1.53. The normalized spacial score (nSPS) is 16.3. The average Bonchev–Trinajstić information content (AvgIpc) is 3.18. The van der Waals surface area contributed by atoms with Gasteiger partial charge < -0.3 is 10.1 Å². The van der Waals surface area contributed by atoms with Crippen LogP contribution in [0, 0.1) is 33.3 Å². The Morgan fingerprint density at radius 2 is 2.36 bits per heavy atom. The molecule has 0 saturated carbocycles. The minimum absolute atomic E-state index is 0.402. The van der Waals surface area contributed by atoms with Gasteiger partial charge in [0, 0.05) is 4.88 Å². The number of thiophene rings is 1. The molecule has 0 aliphatic heterocycles. The number of anilines is 1. The molecule has 0 saturated heterocycles. The van der Waals surface area contributed by atoms with Gasteiger partial charge in [-0.05, 0) is 46.6 Å². The van der Waals surface area contributed by atoms with Crippen LogP contribution in [-0.4, -0.2) is 20.5 Å². The van der Waals surface area contributed by atoms with Crippen LogP contribution in [0.3, 0.4) is 0 Å². The Labute approximate surface area is 148 Å². The molecule has 0 bridgehead atoms. The van der Waals surface area contributed by atoms with E-state index in [1.54, 1.807) is 0 Å². The highest BCUT2D eigenvalue weighted by Crippen LogP contribution is 2.41. The molecule has 1 N–H and O–H groups in total. The van der Waals surface area contributed by atoms with Gasteiger partial charge in [0.1, 0.15) is 17.3 Å². The fourth-order valence-electron chi connectivity index (χ4n) is 3.07. The Morgan fingerprint density at radius 1 is 1.60 bits per heavy atom. The number of aromatic nitrogens is 2. The smallest absolute Gasteiger partial charge is 0.358 e. The second-order valence-electron chi connectivity index (χ2n) is 6.39. The van der Waals surface area contributed by atoms with E-state index < -0.39 is 16.8 Å². The molecule has 1 unspecified atom stereocenters. The third-order valence-electron chi connectivity index (χ3n) is 4.57. The topological polar surface area (TPSA) is 114 Å². The quantitative estimate of drug-likeness (QED) is 0.665. The number of nitro groups is 1. The lowest BCUT2D eigenvalue weighted by atomic mass is 9.81. The van der Waals surface area contributed by atoms with Gasteiger partial charge in [-0.15, -0.1) is 11.3 Å². The first-order valence-electron chi connectivity index (χ1n) is 7.95.